The van der Waals surface area contributed by atoms with Crippen LogP contribution in [0.1, 0.15) is 19.8 Å². The van der Waals surface area contributed by atoms with E-state index in [0.717, 1.165) is 0 Å². The first-order valence-electron chi connectivity index (χ1n) is 3.43. The van der Waals surface area contributed by atoms with E-state index in [4.69, 9.17) is 0 Å². The largest absolute Gasteiger partial charge is 0.0871 e. The first kappa shape index (κ1) is 6.34. The van der Waals surface area contributed by atoms with Crippen LogP contribution in [-0.2, 0) is 0 Å². The molecule has 0 spiro atoms. The number of rotatable bonds is 1. The molecular weight excluding hydrogens is 108 g/mol. The van der Waals surface area contributed by atoms with Gasteiger partial charge in [0.2, 0.25) is 0 Å². The number of hydrogen-bond acceptors (Lipinski definition) is 0. The zero-order valence-corrected chi connectivity index (χ0v) is 5.80. The molecule has 0 atom stereocenters. The van der Waals surface area contributed by atoms with Gasteiger partial charge in [0.05, 0.1) is 0 Å². The van der Waals surface area contributed by atoms with Gasteiger partial charge in [0.15, 0.2) is 0 Å². The quantitative estimate of drug-likeness (QED) is 0.499. The van der Waals surface area contributed by atoms with Crippen LogP contribution >= 0.6 is 0 Å². The average Bonchev–Trinajstić information content (AvgIpc) is 1.91. The highest BCUT2D eigenvalue weighted by Gasteiger charge is 1.89. The molecule has 0 aliphatic heterocycles. The summed E-state index contributed by atoms with van der Waals surface area (Å²) in [5.74, 6) is 0. The zero-order chi connectivity index (χ0) is 6.53. The highest BCUT2D eigenvalue weighted by Crippen LogP contribution is 2.09. The molecule has 0 heteroatoms. The molecule has 0 bridgehead atoms. The van der Waals surface area contributed by atoms with Gasteiger partial charge in [-0.2, -0.15) is 0 Å². The first-order valence-corrected chi connectivity index (χ1v) is 3.43. The van der Waals surface area contributed by atoms with E-state index in [2.05, 4.69) is 30.4 Å². The Bertz CT molecular complexity index is 155. The maximum Gasteiger partial charge on any atom is -0.0303 e. The topological polar surface area (TPSA) is 0 Å². The molecule has 1 aliphatic carbocycles. The van der Waals surface area contributed by atoms with Gasteiger partial charge >= 0.3 is 0 Å². The maximum absolute atomic E-state index is 2.26. The van der Waals surface area contributed by atoms with Crippen LogP contribution in [-0.4, -0.2) is 0 Å². The van der Waals surface area contributed by atoms with Crippen LogP contribution in [0.15, 0.2) is 36.0 Å². The Balaban J connectivity index is 2.58. The van der Waals surface area contributed by atoms with Crippen molar-refractivity contribution in [3.05, 3.63) is 36.0 Å². The minimum Gasteiger partial charge on any atom is -0.0871 e. The molecule has 9 heavy (non-hydrogen) atoms. The summed E-state index contributed by atoms with van der Waals surface area (Å²) in [5.41, 5.74) is 1.35. The lowest BCUT2D eigenvalue weighted by molar-refractivity contribution is 1.02. The minimum absolute atomic E-state index is 1.20. The first-order chi connectivity index (χ1) is 4.43. The summed E-state index contributed by atoms with van der Waals surface area (Å²) < 4.78 is 0. The molecule has 0 saturated heterocycles. The fourth-order valence-corrected chi connectivity index (χ4v) is 0.950. The number of hydrogen-bond donors (Lipinski definition) is 0. The van der Waals surface area contributed by atoms with Crippen LogP contribution in [0.5, 0.6) is 0 Å². The summed E-state index contributed by atoms with van der Waals surface area (Å²) in [6, 6.07) is 0. The standard InChI is InChI=1S/C9H12/c1-2-6-9-7-4-3-5-8-9/h2,4,6-8H,3,5H2,1H3. The van der Waals surface area contributed by atoms with Gasteiger partial charge in [-0.3, -0.25) is 0 Å². The van der Waals surface area contributed by atoms with E-state index < -0.39 is 0 Å². The molecule has 0 aromatic carbocycles. The molecule has 1 rings (SSSR count). The van der Waals surface area contributed by atoms with Crippen LogP contribution in [0.2, 0.25) is 0 Å². The van der Waals surface area contributed by atoms with Crippen LogP contribution < -0.4 is 0 Å². The predicted molar refractivity (Wildman–Crippen MR) is 41.3 cm³/mol. The molecule has 0 heterocycles. The average molecular weight is 120 g/mol. The van der Waals surface area contributed by atoms with Gasteiger partial charge in [0, 0.05) is 0 Å². The van der Waals surface area contributed by atoms with Crippen molar-refractivity contribution >= 4 is 0 Å². The molecule has 0 nitrogen and oxygen atoms in total. The third-order valence-electron chi connectivity index (χ3n) is 1.38. The van der Waals surface area contributed by atoms with Crippen molar-refractivity contribution in [2.75, 3.05) is 0 Å². The third-order valence-corrected chi connectivity index (χ3v) is 1.38. The van der Waals surface area contributed by atoms with Gasteiger partial charge in [-0.1, -0.05) is 30.4 Å². The lowest BCUT2D eigenvalue weighted by Crippen LogP contribution is -1.78. The summed E-state index contributed by atoms with van der Waals surface area (Å²) in [6.45, 7) is 2.04. The second-order valence-electron chi connectivity index (χ2n) is 2.18. The van der Waals surface area contributed by atoms with Crippen molar-refractivity contribution in [2.24, 2.45) is 0 Å². The Labute approximate surface area is 56.6 Å². The molecule has 0 amide bonds. The highest BCUT2D eigenvalue weighted by atomic mass is 14.0. The molecule has 0 saturated carbocycles. The van der Waals surface area contributed by atoms with E-state index in [0.29, 0.717) is 0 Å². The lowest BCUT2D eigenvalue weighted by atomic mass is 10.1. The van der Waals surface area contributed by atoms with Crippen LogP contribution in [0.3, 0.4) is 0 Å². The third kappa shape index (κ3) is 1.88. The van der Waals surface area contributed by atoms with Gasteiger partial charge in [-0.25, -0.2) is 0 Å². The molecule has 0 radical (unpaired) electrons. The molecule has 1 aliphatic rings. The van der Waals surface area contributed by atoms with Crippen molar-refractivity contribution in [2.45, 2.75) is 19.8 Å². The Morgan fingerprint density at radius 2 is 2.33 bits per heavy atom. The summed E-state index contributed by atoms with van der Waals surface area (Å²) in [5, 5.41) is 0. The minimum atomic E-state index is 1.20. The van der Waals surface area contributed by atoms with E-state index in [1.165, 1.54) is 18.4 Å². The second kappa shape index (κ2) is 3.29. The fourth-order valence-electron chi connectivity index (χ4n) is 0.950. The van der Waals surface area contributed by atoms with Crippen LogP contribution in [0.4, 0.5) is 0 Å². The molecule has 48 valence electrons. The van der Waals surface area contributed by atoms with Crippen LogP contribution in [0.25, 0.3) is 0 Å². The Hall–Kier alpha value is -0.780. The SMILES string of the molecule is CC=CC1=CCCC=C1. The van der Waals surface area contributed by atoms with E-state index >= 15 is 0 Å². The summed E-state index contributed by atoms with van der Waals surface area (Å²) >= 11 is 0. The van der Waals surface area contributed by atoms with Crippen LogP contribution in [0, 0.1) is 0 Å². The maximum atomic E-state index is 2.26. The van der Waals surface area contributed by atoms with E-state index in [1.54, 1.807) is 0 Å². The number of allylic oxidation sites excluding steroid dienone is 6. The normalized spacial score (nSPS) is 18.6. The Morgan fingerprint density at radius 3 is 2.89 bits per heavy atom. The van der Waals surface area contributed by atoms with Crippen molar-refractivity contribution in [1.29, 1.82) is 0 Å². The highest BCUT2D eigenvalue weighted by molar-refractivity contribution is 5.32. The second-order valence-corrected chi connectivity index (χ2v) is 2.18. The van der Waals surface area contributed by atoms with Gasteiger partial charge in [-0.05, 0) is 25.3 Å². The Kier molecular flexibility index (Phi) is 2.32. The van der Waals surface area contributed by atoms with Crippen molar-refractivity contribution < 1.29 is 0 Å². The van der Waals surface area contributed by atoms with Crippen molar-refractivity contribution in [3.63, 3.8) is 0 Å². The van der Waals surface area contributed by atoms with E-state index in [9.17, 15) is 0 Å². The van der Waals surface area contributed by atoms with E-state index in [-0.39, 0.29) is 0 Å². The summed E-state index contributed by atoms with van der Waals surface area (Å²) in [4.78, 5) is 0. The predicted octanol–water partition coefficient (Wildman–Crippen LogP) is 2.84. The van der Waals surface area contributed by atoms with Gasteiger partial charge in [0.1, 0.15) is 0 Å². The molecule has 0 aromatic heterocycles. The molecule has 0 unspecified atom stereocenters. The molecular formula is C9H12. The molecule has 0 N–H and O–H groups in total. The smallest absolute Gasteiger partial charge is 0.0303 e. The molecule has 0 aromatic rings. The summed E-state index contributed by atoms with van der Waals surface area (Å²) in [7, 11) is 0. The van der Waals surface area contributed by atoms with E-state index in [1.807, 2.05) is 6.92 Å². The molecule has 0 fully saturated rings. The van der Waals surface area contributed by atoms with Gasteiger partial charge < -0.3 is 0 Å². The van der Waals surface area contributed by atoms with Crippen molar-refractivity contribution in [1.82, 2.24) is 0 Å². The summed E-state index contributed by atoms with van der Waals surface area (Å²) in [6.07, 6.45) is 13.3. The van der Waals surface area contributed by atoms with Crippen molar-refractivity contribution in [3.8, 4) is 0 Å². The fraction of sp³-hybridized carbons (Fsp3) is 0.333. The van der Waals surface area contributed by atoms with Gasteiger partial charge in [0.25, 0.3) is 0 Å². The van der Waals surface area contributed by atoms with Gasteiger partial charge in [-0.15, -0.1) is 0 Å². The zero-order valence-electron chi connectivity index (χ0n) is 5.80. The Morgan fingerprint density at radius 1 is 1.44 bits per heavy atom. The monoisotopic (exact) mass is 120 g/mol. The lowest BCUT2D eigenvalue weighted by Gasteiger charge is -1.99.